The van der Waals surface area contributed by atoms with Crippen molar-refractivity contribution in [2.75, 3.05) is 0 Å². The molecule has 0 unspecified atom stereocenters. The van der Waals surface area contributed by atoms with E-state index in [4.69, 9.17) is 4.84 Å². The number of aryl methyl sites for hydroxylation is 1. The molecule has 1 aromatic rings. The van der Waals surface area contributed by atoms with Gasteiger partial charge in [0.25, 0.3) is 11.8 Å². The first-order valence-corrected chi connectivity index (χ1v) is 7.45. The SMILES string of the molecule is O=C(CCCc1ccc([131I])cc1)ON1C(=O)CCC1=O. The molecular weight excluding hydrogens is 377 g/mol. The van der Waals surface area contributed by atoms with E-state index in [1.165, 1.54) is 0 Å². The number of hydrogen-bond acceptors (Lipinski definition) is 4. The zero-order valence-electron chi connectivity index (χ0n) is 10.8. The smallest absolute Gasteiger partial charge is 0.330 e. The lowest BCUT2D eigenvalue weighted by Crippen LogP contribution is -2.31. The first-order chi connectivity index (χ1) is 9.56. The first-order valence-electron chi connectivity index (χ1n) is 6.37. The van der Waals surface area contributed by atoms with E-state index in [1.807, 2.05) is 24.3 Å². The summed E-state index contributed by atoms with van der Waals surface area (Å²) in [7, 11) is 0. The number of halogens is 1. The molecule has 0 N–H and O–H groups in total. The molecule has 1 aliphatic rings. The van der Waals surface area contributed by atoms with Crippen LogP contribution in [-0.4, -0.2) is 22.8 Å². The Morgan fingerprint density at radius 1 is 1.15 bits per heavy atom. The molecule has 1 saturated heterocycles. The van der Waals surface area contributed by atoms with Crippen LogP contribution >= 0.6 is 22.6 Å². The van der Waals surface area contributed by atoms with Crippen LogP contribution in [0.25, 0.3) is 0 Å². The van der Waals surface area contributed by atoms with Crippen molar-refractivity contribution in [3.05, 3.63) is 33.4 Å². The van der Waals surface area contributed by atoms with E-state index < -0.39 is 17.8 Å². The van der Waals surface area contributed by atoms with Crippen LogP contribution in [-0.2, 0) is 25.6 Å². The van der Waals surface area contributed by atoms with Crippen LogP contribution in [0, 0.1) is 3.57 Å². The van der Waals surface area contributed by atoms with Crippen molar-refractivity contribution in [3.8, 4) is 0 Å². The second kappa shape index (κ2) is 6.83. The highest BCUT2D eigenvalue weighted by molar-refractivity contribution is 14.1. The zero-order valence-corrected chi connectivity index (χ0v) is 13.0. The fourth-order valence-corrected chi connectivity index (χ4v) is 2.25. The Bertz CT molecular complexity index is 510. The predicted octanol–water partition coefficient (Wildman–Crippen LogP) is 2.22. The predicted molar refractivity (Wildman–Crippen MR) is 79.3 cm³/mol. The van der Waals surface area contributed by atoms with Gasteiger partial charge in [-0.25, -0.2) is 4.79 Å². The Kier molecular flexibility index (Phi) is 5.11. The van der Waals surface area contributed by atoms with Gasteiger partial charge in [0, 0.05) is 22.8 Å². The molecule has 2 rings (SSSR count). The minimum absolute atomic E-state index is 0.120. The molecule has 0 aromatic heterocycles. The molecule has 20 heavy (non-hydrogen) atoms. The Labute approximate surface area is 130 Å². The Hall–Kier alpha value is -1.44. The fraction of sp³-hybridized carbons (Fsp3) is 0.357. The lowest BCUT2D eigenvalue weighted by molar-refractivity contribution is -0.197. The Morgan fingerprint density at radius 2 is 1.75 bits per heavy atom. The number of imide groups is 1. The average Bonchev–Trinajstić information content (AvgIpc) is 2.73. The summed E-state index contributed by atoms with van der Waals surface area (Å²) < 4.78 is 1.16. The second-order valence-electron chi connectivity index (χ2n) is 4.53. The lowest BCUT2D eigenvalue weighted by Gasteiger charge is -2.12. The monoisotopic (exact) mass is 391 g/mol. The number of rotatable bonds is 5. The fourth-order valence-electron chi connectivity index (χ4n) is 1.89. The van der Waals surface area contributed by atoms with E-state index >= 15 is 0 Å². The first kappa shape index (κ1) is 15.0. The molecule has 0 aliphatic carbocycles. The van der Waals surface area contributed by atoms with Gasteiger partial charge in [0.05, 0.1) is 0 Å². The molecule has 1 heterocycles. The normalized spacial score (nSPS) is 14.8. The number of benzene rings is 1. The van der Waals surface area contributed by atoms with Crippen LogP contribution in [0.4, 0.5) is 0 Å². The molecular formula is C14H14INO4. The van der Waals surface area contributed by atoms with Crippen LogP contribution in [0.3, 0.4) is 0 Å². The minimum atomic E-state index is -0.542. The number of hydrogen-bond donors (Lipinski definition) is 0. The Morgan fingerprint density at radius 3 is 2.35 bits per heavy atom. The summed E-state index contributed by atoms with van der Waals surface area (Å²) in [4.78, 5) is 38.9. The second-order valence-corrected chi connectivity index (χ2v) is 5.77. The van der Waals surface area contributed by atoms with Crippen molar-refractivity contribution in [1.82, 2.24) is 5.06 Å². The lowest BCUT2D eigenvalue weighted by atomic mass is 10.1. The van der Waals surface area contributed by atoms with E-state index in [2.05, 4.69) is 22.6 Å². The van der Waals surface area contributed by atoms with Crippen LogP contribution in [0.1, 0.15) is 31.2 Å². The van der Waals surface area contributed by atoms with Gasteiger partial charge in [0.1, 0.15) is 0 Å². The van der Waals surface area contributed by atoms with E-state index in [0.29, 0.717) is 11.5 Å². The van der Waals surface area contributed by atoms with Crippen molar-refractivity contribution in [2.45, 2.75) is 32.1 Å². The molecule has 0 spiro atoms. The third kappa shape index (κ3) is 4.03. The number of amides is 2. The third-order valence-electron chi connectivity index (χ3n) is 2.96. The van der Waals surface area contributed by atoms with Crippen LogP contribution in [0.15, 0.2) is 24.3 Å². The van der Waals surface area contributed by atoms with Crippen molar-refractivity contribution in [3.63, 3.8) is 0 Å². The summed E-state index contributed by atoms with van der Waals surface area (Å²) in [6.45, 7) is 0. The largest absolute Gasteiger partial charge is 0.333 e. The molecule has 6 heteroatoms. The average molecular weight is 391 g/mol. The topological polar surface area (TPSA) is 63.7 Å². The highest BCUT2D eigenvalue weighted by atomic mass is 131. The minimum Gasteiger partial charge on any atom is -0.330 e. The van der Waals surface area contributed by atoms with Crippen molar-refractivity contribution >= 4 is 40.4 Å². The van der Waals surface area contributed by atoms with Gasteiger partial charge >= 0.3 is 5.97 Å². The summed E-state index contributed by atoms with van der Waals surface area (Å²) in [5, 5.41) is 0.590. The van der Waals surface area contributed by atoms with E-state index in [-0.39, 0.29) is 19.3 Å². The molecule has 0 saturated carbocycles. The summed E-state index contributed by atoms with van der Waals surface area (Å²) in [5.74, 6) is -1.43. The van der Waals surface area contributed by atoms with Crippen LogP contribution in [0.5, 0.6) is 0 Å². The van der Waals surface area contributed by atoms with Gasteiger partial charge in [-0.3, -0.25) is 9.59 Å². The van der Waals surface area contributed by atoms with Crippen molar-refractivity contribution in [1.29, 1.82) is 0 Å². The maximum Gasteiger partial charge on any atom is 0.333 e. The molecule has 1 aromatic carbocycles. The summed E-state index contributed by atoms with van der Waals surface area (Å²) in [6.07, 6.45) is 1.80. The van der Waals surface area contributed by atoms with Gasteiger partial charge in [-0.2, -0.15) is 0 Å². The van der Waals surface area contributed by atoms with E-state index in [9.17, 15) is 14.4 Å². The van der Waals surface area contributed by atoms with E-state index in [1.54, 1.807) is 0 Å². The van der Waals surface area contributed by atoms with Gasteiger partial charge < -0.3 is 4.84 Å². The number of carbonyl (C=O) groups is 3. The third-order valence-corrected chi connectivity index (χ3v) is 3.68. The zero-order chi connectivity index (χ0) is 14.5. The summed E-state index contributed by atoms with van der Waals surface area (Å²) >= 11 is 2.23. The number of nitrogens with zero attached hydrogens (tertiary/aromatic N) is 1. The van der Waals surface area contributed by atoms with Crippen molar-refractivity contribution in [2.24, 2.45) is 0 Å². The quantitative estimate of drug-likeness (QED) is 0.571. The van der Waals surface area contributed by atoms with Crippen LogP contribution in [0.2, 0.25) is 0 Å². The summed E-state index contributed by atoms with van der Waals surface area (Å²) in [6, 6.07) is 8.05. The maximum atomic E-state index is 11.6. The van der Waals surface area contributed by atoms with Gasteiger partial charge in [0.2, 0.25) is 0 Å². The Balaban J connectivity index is 1.74. The molecule has 1 fully saturated rings. The maximum absolute atomic E-state index is 11.6. The van der Waals surface area contributed by atoms with E-state index in [0.717, 1.165) is 15.6 Å². The van der Waals surface area contributed by atoms with Gasteiger partial charge in [0.15, 0.2) is 0 Å². The standard InChI is InChI=1S/C14H14INO4/c15-11-6-4-10(5-7-11)2-1-3-14(19)20-16-12(17)8-9-13(16)18/h4-7H,1-3,8-9H2/i15+4. The number of carbonyl (C=O) groups excluding carboxylic acids is 3. The highest BCUT2D eigenvalue weighted by Crippen LogP contribution is 2.14. The molecule has 5 nitrogen and oxygen atoms in total. The molecule has 0 bridgehead atoms. The summed E-state index contributed by atoms with van der Waals surface area (Å²) in [5.41, 5.74) is 1.14. The van der Waals surface area contributed by atoms with Gasteiger partial charge in [-0.15, -0.1) is 5.06 Å². The molecule has 2 amide bonds. The van der Waals surface area contributed by atoms with Crippen molar-refractivity contribution < 1.29 is 19.2 Å². The molecule has 0 atom stereocenters. The molecule has 106 valence electrons. The molecule has 0 radical (unpaired) electrons. The molecule has 1 aliphatic heterocycles. The highest BCUT2D eigenvalue weighted by Gasteiger charge is 2.32. The van der Waals surface area contributed by atoms with Gasteiger partial charge in [-0.1, -0.05) is 12.1 Å². The number of hydroxylamine groups is 2. The van der Waals surface area contributed by atoms with Crippen LogP contribution < -0.4 is 0 Å². The van der Waals surface area contributed by atoms with Gasteiger partial charge in [-0.05, 0) is 53.1 Å².